The number of amides is 2. The minimum Gasteiger partial charge on any atom is -0.476 e. The molecule has 2 N–H and O–H groups in total. The molecule has 0 saturated heterocycles. The second kappa shape index (κ2) is 10.5. The number of hydrogen-bond donors (Lipinski definition) is 2. The summed E-state index contributed by atoms with van der Waals surface area (Å²) >= 11 is 0. The van der Waals surface area contributed by atoms with Gasteiger partial charge in [-0.25, -0.2) is 9.97 Å². The Morgan fingerprint density at radius 1 is 1.21 bits per heavy atom. The van der Waals surface area contributed by atoms with Gasteiger partial charge in [0.05, 0.1) is 6.04 Å². The number of nitrogens with one attached hydrogen (secondary N) is 2. The average molecular weight is 464 g/mol. The summed E-state index contributed by atoms with van der Waals surface area (Å²) in [6.45, 7) is 8.56. The summed E-state index contributed by atoms with van der Waals surface area (Å²) in [5.74, 6) is -0.314. The van der Waals surface area contributed by atoms with Gasteiger partial charge in [-0.05, 0) is 38.5 Å². The van der Waals surface area contributed by atoms with Crippen molar-refractivity contribution >= 4 is 17.6 Å². The molecule has 2 amide bonds. The number of rotatable bonds is 9. The van der Waals surface area contributed by atoms with Crippen LogP contribution in [0.15, 0.2) is 48.8 Å². The minimum atomic E-state index is -4.51. The van der Waals surface area contributed by atoms with Gasteiger partial charge < -0.3 is 15.4 Å². The first kappa shape index (κ1) is 25.8. The fourth-order valence-electron chi connectivity index (χ4n) is 2.63. The number of pyridine rings is 2. The van der Waals surface area contributed by atoms with Crippen LogP contribution in [-0.4, -0.2) is 34.6 Å². The number of aromatic nitrogens is 2. The van der Waals surface area contributed by atoms with Gasteiger partial charge in [0.1, 0.15) is 17.8 Å². The molecule has 33 heavy (non-hydrogen) atoms. The Kier molecular flexibility index (Phi) is 8.18. The van der Waals surface area contributed by atoms with Crippen molar-refractivity contribution in [3.8, 4) is 5.88 Å². The molecule has 0 bridgehead atoms. The van der Waals surface area contributed by atoms with Crippen LogP contribution in [-0.2, 0) is 4.79 Å². The van der Waals surface area contributed by atoms with Crippen molar-refractivity contribution in [3.05, 3.63) is 59.9 Å². The van der Waals surface area contributed by atoms with Crippen LogP contribution in [0.1, 0.15) is 56.1 Å². The lowest BCUT2D eigenvalue weighted by atomic mass is 9.84. The van der Waals surface area contributed by atoms with E-state index in [1.165, 1.54) is 37.5 Å². The molecule has 10 heteroatoms. The highest BCUT2D eigenvalue weighted by molar-refractivity contribution is 5.96. The Labute approximate surface area is 190 Å². The summed E-state index contributed by atoms with van der Waals surface area (Å²) < 4.78 is 45.4. The molecule has 0 radical (unpaired) electrons. The molecule has 0 fully saturated rings. The van der Waals surface area contributed by atoms with Gasteiger partial charge in [-0.1, -0.05) is 25.1 Å². The van der Waals surface area contributed by atoms with Crippen LogP contribution in [0.25, 0.3) is 0 Å². The third-order valence-electron chi connectivity index (χ3n) is 5.29. The molecule has 0 saturated carbocycles. The van der Waals surface area contributed by atoms with Crippen molar-refractivity contribution in [1.82, 2.24) is 15.3 Å². The zero-order valence-corrected chi connectivity index (χ0v) is 18.9. The smallest absolute Gasteiger partial charge is 0.401 e. The van der Waals surface area contributed by atoms with E-state index in [0.29, 0.717) is 11.1 Å². The summed E-state index contributed by atoms with van der Waals surface area (Å²) in [6, 6.07) is 5.58. The molecular weight excluding hydrogens is 437 g/mol. The molecule has 2 rings (SSSR count). The third-order valence-corrected chi connectivity index (χ3v) is 5.29. The third kappa shape index (κ3) is 6.53. The lowest BCUT2D eigenvalue weighted by Gasteiger charge is -2.32. The first-order chi connectivity index (χ1) is 15.4. The predicted octanol–water partition coefficient (Wildman–Crippen LogP) is 4.84. The van der Waals surface area contributed by atoms with Gasteiger partial charge >= 0.3 is 6.18 Å². The van der Waals surface area contributed by atoms with E-state index in [4.69, 9.17) is 4.74 Å². The highest BCUT2D eigenvalue weighted by Gasteiger charge is 2.52. The van der Waals surface area contributed by atoms with Gasteiger partial charge in [0.25, 0.3) is 5.91 Å². The van der Waals surface area contributed by atoms with Crippen LogP contribution in [0.2, 0.25) is 0 Å². The minimum absolute atomic E-state index is 0.0273. The Hall–Kier alpha value is -3.43. The number of nitrogens with zero attached hydrogens (tertiary/aromatic N) is 2. The second-order valence-electron chi connectivity index (χ2n) is 7.86. The highest BCUT2D eigenvalue weighted by Crippen LogP contribution is 2.43. The zero-order valence-electron chi connectivity index (χ0n) is 18.9. The zero-order chi connectivity index (χ0) is 24.8. The summed E-state index contributed by atoms with van der Waals surface area (Å²) in [4.78, 5) is 32.1. The number of carbonyl (C=O) groups is 2. The number of hydrogen-bond acceptors (Lipinski definition) is 5. The SMILES string of the molecule is C=C(C)C(C)(COc1ccc(C(C)NC(=O)c2ccnc(NC(=O)CC)c2)cn1)C(F)(F)F. The van der Waals surface area contributed by atoms with Crippen molar-refractivity contribution in [2.24, 2.45) is 5.41 Å². The lowest BCUT2D eigenvalue weighted by molar-refractivity contribution is -0.211. The quantitative estimate of drug-likeness (QED) is 0.518. The molecule has 2 aromatic heterocycles. The van der Waals surface area contributed by atoms with Crippen LogP contribution in [0, 0.1) is 5.41 Å². The Morgan fingerprint density at radius 3 is 2.45 bits per heavy atom. The molecule has 178 valence electrons. The van der Waals surface area contributed by atoms with Crippen LogP contribution in [0.4, 0.5) is 19.0 Å². The summed E-state index contributed by atoms with van der Waals surface area (Å²) in [5.41, 5.74) is -1.32. The number of carbonyl (C=O) groups excluding carboxylic acids is 2. The molecular formula is C23H27F3N4O3. The number of anilines is 1. The number of ether oxygens (including phenoxy) is 1. The highest BCUT2D eigenvalue weighted by atomic mass is 19.4. The fourth-order valence-corrected chi connectivity index (χ4v) is 2.63. The molecule has 2 aromatic rings. The van der Waals surface area contributed by atoms with Gasteiger partial charge in [0, 0.05) is 30.4 Å². The van der Waals surface area contributed by atoms with Gasteiger partial charge in [0.15, 0.2) is 0 Å². The second-order valence-corrected chi connectivity index (χ2v) is 7.86. The fraction of sp³-hybridized carbons (Fsp3) is 0.391. The van der Waals surface area contributed by atoms with E-state index in [0.717, 1.165) is 6.92 Å². The molecule has 0 spiro atoms. The number of alkyl halides is 3. The van der Waals surface area contributed by atoms with E-state index in [-0.39, 0.29) is 35.5 Å². The normalized spacial score (nSPS) is 14.0. The monoisotopic (exact) mass is 464 g/mol. The molecule has 0 aliphatic heterocycles. The molecule has 2 unspecified atom stereocenters. The maximum atomic E-state index is 13.4. The molecule has 0 aliphatic carbocycles. The van der Waals surface area contributed by atoms with E-state index in [9.17, 15) is 22.8 Å². The van der Waals surface area contributed by atoms with Crippen LogP contribution in [0.3, 0.4) is 0 Å². The summed E-state index contributed by atoms with van der Waals surface area (Å²) in [7, 11) is 0. The molecule has 2 atom stereocenters. The molecule has 7 nitrogen and oxygen atoms in total. The maximum Gasteiger partial charge on any atom is 0.401 e. The maximum absolute atomic E-state index is 13.4. The molecule has 2 heterocycles. The van der Waals surface area contributed by atoms with Crippen LogP contribution < -0.4 is 15.4 Å². The summed E-state index contributed by atoms with van der Waals surface area (Å²) in [6.07, 6.45) is -1.39. The van der Waals surface area contributed by atoms with Gasteiger partial charge in [0.2, 0.25) is 11.8 Å². The van der Waals surface area contributed by atoms with E-state index >= 15 is 0 Å². The Bertz CT molecular complexity index is 1010. The van der Waals surface area contributed by atoms with Gasteiger partial charge in [-0.15, -0.1) is 0 Å². The van der Waals surface area contributed by atoms with Crippen molar-refractivity contribution in [2.45, 2.75) is 46.3 Å². The lowest BCUT2D eigenvalue weighted by Crippen LogP contribution is -2.41. The van der Waals surface area contributed by atoms with Crippen molar-refractivity contribution < 1.29 is 27.5 Å². The average Bonchev–Trinajstić information content (AvgIpc) is 2.76. The van der Waals surface area contributed by atoms with Crippen molar-refractivity contribution in [3.63, 3.8) is 0 Å². The topological polar surface area (TPSA) is 93.2 Å². The molecule has 0 aromatic carbocycles. The number of halogens is 3. The first-order valence-corrected chi connectivity index (χ1v) is 10.3. The standard InChI is InChI=1S/C23H27F3N4O3/c1-6-19(31)30-18-11-16(9-10-27-18)21(32)29-15(4)17-7-8-20(28-12-17)33-13-22(5,14(2)3)23(24,25)26/h7-12,15H,2,6,13H2,1,3-5H3,(H,29,32)(H,27,30,31). The van der Waals surface area contributed by atoms with E-state index < -0.39 is 24.2 Å². The van der Waals surface area contributed by atoms with Crippen LogP contribution in [0.5, 0.6) is 5.88 Å². The van der Waals surface area contributed by atoms with Gasteiger partial charge in [-0.2, -0.15) is 13.2 Å². The van der Waals surface area contributed by atoms with E-state index in [2.05, 4.69) is 27.2 Å². The van der Waals surface area contributed by atoms with E-state index in [1.54, 1.807) is 19.9 Å². The first-order valence-electron chi connectivity index (χ1n) is 10.3. The predicted molar refractivity (Wildman–Crippen MR) is 118 cm³/mol. The largest absolute Gasteiger partial charge is 0.476 e. The van der Waals surface area contributed by atoms with Crippen molar-refractivity contribution in [2.75, 3.05) is 11.9 Å². The van der Waals surface area contributed by atoms with Gasteiger partial charge in [-0.3, -0.25) is 9.59 Å². The Morgan fingerprint density at radius 2 is 1.91 bits per heavy atom. The van der Waals surface area contributed by atoms with Crippen LogP contribution >= 0.6 is 0 Å². The summed E-state index contributed by atoms with van der Waals surface area (Å²) in [5, 5.41) is 5.38. The molecule has 0 aliphatic rings. The van der Waals surface area contributed by atoms with E-state index in [1.807, 2.05) is 0 Å². The Balaban J connectivity index is 2.02. The van der Waals surface area contributed by atoms with Crippen molar-refractivity contribution in [1.29, 1.82) is 0 Å².